The normalized spacial score (nSPS) is 10.6. The third-order valence-corrected chi connectivity index (χ3v) is 4.32. The SMILES string of the molecule is O=c1ccn(CCOc2cc(Cl)cc(Cl)c2Oc2ccccc2Cl)c(=O)[nH]1. The first-order chi connectivity index (χ1) is 12.9. The smallest absolute Gasteiger partial charge is 0.328 e. The van der Waals surface area contributed by atoms with Crippen molar-refractivity contribution in [1.82, 2.24) is 9.55 Å². The molecule has 0 unspecified atom stereocenters. The summed E-state index contributed by atoms with van der Waals surface area (Å²) in [5.74, 6) is 0.956. The lowest BCUT2D eigenvalue weighted by atomic mass is 10.3. The first-order valence-electron chi connectivity index (χ1n) is 7.78. The molecule has 0 aliphatic heterocycles. The second-order valence-corrected chi connectivity index (χ2v) is 6.65. The molecule has 0 aliphatic carbocycles. The molecule has 0 fully saturated rings. The summed E-state index contributed by atoms with van der Waals surface area (Å²) in [4.78, 5) is 25.0. The number of para-hydroxylation sites is 1. The maximum atomic E-state index is 11.7. The Kier molecular flexibility index (Phi) is 6.11. The molecule has 2 aromatic carbocycles. The minimum Gasteiger partial charge on any atom is -0.488 e. The van der Waals surface area contributed by atoms with Gasteiger partial charge >= 0.3 is 5.69 Å². The molecule has 0 amide bonds. The molecule has 0 spiro atoms. The zero-order chi connectivity index (χ0) is 19.4. The number of nitrogens with one attached hydrogen (secondary N) is 1. The molecular formula is C18H13Cl3N2O4. The Balaban J connectivity index is 1.81. The maximum Gasteiger partial charge on any atom is 0.328 e. The van der Waals surface area contributed by atoms with Crippen LogP contribution in [0.4, 0.5) is 0 Å². The molecular weight excluding hydrogens is 415 g/mol. The van der Waals surface area contributed by atoms with E-state index in [1.807, 2.05) is 0 Å². The van der Waals surface area contributed by atoms with Crippen LogP contribution in [0.2, 0.25) is 15.1 Å². The Morgan fingerprint density at radius 3 is 2.48 bits per heavy atom. The molecule has 0 atom stereocenters. The topological polar surface area (TPSA) is 73.3 Å². The first kappa shape index (κ1) is 19.4. The second kappa shape index (κ2) is 8.52. The monoisotopic (exact) mass is 426 g/mol. The van der Waals surface area contributed by atoms with Gasteiger partial charge in [0.2, 0.25) is 0 Å². The van der Waals surface area contributed by atoms with Crippen molar-refractivity contribution in [2.75, 3.05) is 6.61 Å². The van der Waals surface area contributed by atoms with Gasteiger partial charge in [-0.1, -0.05) is 46.9 Å². The summed E-state index contributed by atoms with van der Waals surface area (Å²) in [6, 6.07) is 11.3. The van der Waals surface area contributed by atoms with Crippen molar-refractivity contribution >= 4 is 34.8 Å². The van der Waals surface area contributed by atoms with E-state index in [-0.39, 0.29) is 23.9 Å². The van der Waals surface area contributed by atoms with Gasteiger partial charge in [0.15, 0.2) is 11.5 Å². The molecule has 6 nitrogen and oxygen atoms in total. The van der Waals surface area contributed by atoms with Gasteiger partial charge in [0.1, 0.15) is 12.4 Å². The number of H-pyrrole nitrogens is 1. The molecule has 0 aliphatic rings. The minimum absolute atomic E-state index is 0.113. The Morgan fingerprint density at radius 2 is 1.74 bits per heavy atom. The number of hydrogen-bond donors (Lipinski definition) is 1. The summed E-state index contributed by atoms with van der Waals surface area (Å²) in [6.07, 6.45) is 1.39. The summed E-state index contributed by atoms with van der Waals surface area (Å²) < 4.78 is 12.8. The highest BCUT2D eigenvalue weighted by Gasteiger charge is 2.15. The fourth-order valence-electron chi connectivity index (χ4n) is 2.25. The van der Waals surface area contributed by atoms with Gasteiger partial charge in [-0.2, -0.15) is 0 Å². The summed E-state index contributed by atoms with van der Waals surface area (Å²) >= 11 is 18.4. The van der Waals surface area contributed by atoms with Crippen LogP contribution in [-0.4, -0.2) is 16.2 Å². The largest absolute Gasteiger partial charge is 0.488 e. The van der Waals surface area contributed by atoms with E-state index in [4.69, 9.17) is 44.3 Å². The van der Waals surface area contributed by atoms with Crippen LogP contribution >= 0.6 is 34.8 Å². The van der Waals surface area contributed by atoms with Crippen LogP contribution in [0.15, 0.2) is 58.3 Å². The molecule has 0 saturated carbocycles. The van der Waals surface area contributed by atoms with Crippen molar-refractivity contribution in [3.63, 3.8) is 0 Å². The van der Waals surface area contributed by atoms with Crippen LogP contribution in [0, 0.1) is 0 Å². The van der Waals surface area contributed by atoms with Crippen molar-refractivity contribution in [2.24, 2.45) is 0 Å². The molecule has 140 valence electrons. The van der Waals surface area contributed by atoms with E-state index in [0.717, 1.165) is 0 Å². The summed E-state index contributed by atoms with van der Waals surface area (Å²) in [5.41, 5.74) is -0.989. The van der Waals surface area contributed by atoms with Crippen LogP contribution in [-0.2, 0) is 6.54 Å². The Morgan fingerprint density at radius 1 is 0.963 bits per heavy atom. The van der Waals surface area contributed by atoms with E-state index in [9.17, 15) is 9.59 Å². The highest BCUT2D eigenvalue weighted by molar-refractivity contribution is 6.36. The van der Waals surface area contributed by atoms with Gasteiger partial charge in [-0.3, -0.25) is 14.3 Å². The number of benzene rings is 2. The molecule has 0 radical (unpaired) electrons. The zero-order valence-corrected chi connectivity index (χ0v) is 16.0. The molecule has 3 rings (SSSR count). The van der Waals surface area contributed by atoms with Gasteiger partial charge in [0.05, 0.1) is 16.6 Å². The van der Waals surface area contributed by atoms with Crippen molar-refractivity contribution in [2.45, 2.75) is 6.54 Å². The van der Waals surface area contributed by atoms with E-state index in [0.29, 0.717) is 21.5 Å². The Labute approximate surface area is 168 Å². The summed E-state index contributed by atoms with van der Waals surface area (Å²) in [7, 11) is 0. The lowest BCUT2D eigenvalue weighted by Crippen LogP contribution is -2.30. The van der Waals surface area contributed by atoms with E-state index in [2.05, 4.69) is 4.98 Å². The predicted octanol–water partition coefficient (Wildman–Crippen LogP) is 4.37. The fourth-order valence-corrected chi connectivity index (χ4v) is 2.94. The quantitative estimate of drug-likeness (QED) is 0.634. The van der Waals surface area contributed by atoms with Crippen LogP contribution < -0.4 is 20.7 Å². The first-order valence-corrected chi connectivity index (χ1v) is 8.91. The number of aromatic amines is 1. The molecule has 27 heavy (non-hydrogen) atoms. The van der Waals surface area contributed by atoms with E-state index in [1.165, 1.54) is 22.9 Å². The molecule has 1 heterocycles. The summed E-state index contributed by atoms with van der Waals surface area (Å²) in [5, 5.41) is 1.02. The van der Waals surface area contributed by atoms with Gasteiger partial charge in [-0.05, 0) is 18.2 Å². The third-order valence-electron chi connectivity index (χ3n) is 3.51. The molecule has 0 bridgehead atoms. The van der Waals surface area contributed by atoms with E-state index < -0.39 is 11.2 Å². The van der Waals surface area contributed by atoms with Crippen LogP contribution in [0.3, 0.4) is 0 Å². The lowest BCUT2D eigenvalue weighted by molar-refractivity contribution is 0.283. The van der Waals surface area contributed by atoms with Crippen molar-refractivity contribution in [3.05, 3.63) is 84.6 Å². The third kappa shape index (κ3) is 4.86. The number of aromatic nitrogens is 2. The van der Waals surface area contributed by atoms with E-state index in [1.54, 1.807) is 30.3 Å². The van der Waals surface area contributed by atoms with Gasteiger partial charge in [-0.15, -0.1) is 0 Å². The molecule has 1 aromatic heterocycles. The van der Waals surface area contributed by atoms with Gasteiger partial charge < -0.3 is 9.47 Å². The number of ether oxygens (including phenoxy) is 2. The second-order valence-electron chi connectivity index (χ2n) is 5.40. The number of nitrogens with zero attached hydrogens (tertiary/aromatic N) is 1. The molecule has 9 heteroatoms. The van der Waals surface area contributed by atoms with Gasteiger partial charge in [-0.25, -0.2) is 4.79 Å². The standard InChI is InChI=1S/C18H13Cl3N2O4/c19-11-9-13(21)17(27-14-4-2-1-3-12(14)20)15(10-11)26-8-7-23-6-5-16(24)22-18(23)25/h1-6,9-10H,7-8H2,(H,22,24,25). The average molecular weight is 428 g/mol. The van der Waals surface area contributed by atoms with E-state index >= 15 is 0 Å². The number of halogens is 3. The minimum atomic E-state index is -0.525. The van der Waals surface area contributed by atoms with Crippen molar-refractivity contribution in [3.8, 4) is 17.2 Å². The van der Waals surface area contributed by atoms with Crippen LogP contribution in [0.25, 0.3) is 0 Å². The summed E-state index contributed by atoms with van der Waals surface area (Å²) in [6.45, 7) is 0.312. The molecule has 1 N–H and O–H groups in total. The van der Waals surface area contributed by atoms with Crippen LogP contribution in [0.1, 0.15) is 0 Å². The highest BCUT2D eigenvalue weighted by Crippen LogP contribution is 2.42. The molecule has 3 aromatic rings. The average Bonchev–Trinajstić information content (AvgIpc) is 2.61. The highest BCUT2D eigenvalue weighted by atomic mass is 35.5. The number of hydrogen-bond acceptors (Lipinski definition) is 4. The van der Waals surface area contributed by atoms with Crippen molar-refractivity contribution < 1.29 is 9.47 Å². The van der Waals surface area contributed by atoms with Gasteiger partial charge in [0.25, 0.3) is 5.56 Å². The zero-order valence-electron chi connectivity index (χ0n) is 13.7. The van der Waals surface area contributed by atoms with Crippen LogP contribution in [0.5, 0.6) is 17.2 Å². The lowest BCUT2D eigenvalue weighted by Gasteiger charge is -2.15. The molecule has 0 saturated heterocycles. The Bertz CT molecular complexity index is 1080. The Hall–Kier alpha value is -2.41. The maximum absolute atomic E-state index is 11.7. The van der Waals surface area contributed by atoms with Crippen molar-refractivity contribution in [1.29, 1.82) is 0 Å². The predicted molar refractivity (Wildman–Crippen MR) is 105 cm³/mol. The fraction of sp³-hybridized carbons (Fsp3) is 0.111. The number of rotatable bonds is 6. The van der Waals surface area contributed by atoms with Gasteiger partial charge in [0, 0.05) is 23.4 Å².